The van der Waals surface area contributed by atoms with Crippen molar-refractivity contribution in [2.75, 3.05) is 11.9 Å². The minimum atomic E-state index is -0.0244. The van der Waals surface area contributed by atoms with E-state index in [2.05, 4.69) is 22.5 Å². The Labute approximate surface area is 121 Å². The largest absolute Gasteiger partial charge is 0.381 e. The van der Waals surface area contributed by atoms with Gasteiger partial charge in [0.1, 0.15) is 0 Å². The molecular formula is C16H25N3O. The molecule has 0 aromatic carbocycles. The molecule has 2 rings (SSSR count). The van der Waals surface area contributed by atoms with Crippen LogP contribution < -0.4 is 10.6 Å². The van der Waals surface area contributed by atoms with E-state index >= 15 is 0 Å². The number of carbonyl (C=O) groups excluding carboxylic acids is 1. The third-order valence-corrected chi connectivity index (χ3v) is 3.79. The Morgan fingerprint density at radius 3 is 2.85 bits per heavy atom. The molecule has 0 radical (unpaired) electrons. The second-order valence-corrected chi connectivity index (χ2v) is 5.55. The van der Waals surface area contributed by atoms with Gasteiger partial charge in [0.15, 0.2) is 0 Å². The van der Waals surface area contributed by atoms with Gasteiger partial charge in [-0.25, -0.2) is 0 Å². The van der Waals surface area contributed by atoms with Gasteiger partial charge in [-0.2, -0.15) is 0 Å². The summed E-state index contributed by atoms with van der Waals surface area (Å²) in [7, 11) is 0. The average Bonchev–Trinajstić information content (AvgIpc) is 2.96. The Kier molecular flexibility index (Phi) is 5.84. The summed E-state index contributed by atoms with van der Waals surface area (Å²) in [5.41, 5.74) is 1.60. The van der Waals surface area contributed by atoms with Gasteiger partial charge < -0.3 is 10.6 Å². The molecule has 1 amide bonds. The maximum atomic E-state index is 12.0. The van der Waals surface area contributed by atoms with E-state index in [0.717, 1.165) is 31.5 Å². The van der Waals surface area contributed by atoms with Crippen molar-refractivity contribution in [2.45, 2.75) is 57.9 Å². The van der Waals surface area contributed by atoms with Crippen LogP contribution in [0.1, 0.15) is 62.2 Å². The van der Waals surface area contributed by atoms with E-state index in [0.29, 0.717) is 11.6 Å². The van der Waals surface area contributed by atoms with Crippen molar-refractivity contribution >= 4 is 11.6 Å². The number of rotatable bonds is 7. The lowest BCUT2D eigenvalue weighted by Gasteiger charge is -2.13. The molecule has 1 saturated carbocycles. The lowest BCUT2D eigenvalue weighted by atomic mass is 10.2. The fourth-order valence-electron chi connectivity index (χ4n) is 2.63. The Morgan fingerprint density at radius 2 is 2.10 bits per heavy atom. The van der Waals surface area contributed by atoms with Gasteiger partial charge in [-0.05, 0) is 25.3 Å². The third-order valence-electron chi connectivity index (χ3n) is 3.79. The SMILES string of the molecule is CCCCCNC(=O)c1cncc(NC2CCCC2)c1. The molecule has 0 atom stereocenters. The Hall–Kier alpha value is -1.58. The second-order valence-electron chi connectivity index (χ2n) is 5.55. The zero-order chi connectivity index (χ0) is 14.2. The number of amides is 1. The van der Waals surface area contributed by atoms with Crippen molar-refractivity contribution in [1.29, 1.82) is 0 Å². The van der Waals surface area contributed by atoms with Gasteiger partial charge in [-0.15, -0.1) is 0 Å². The first-order chi connectivity index (χ1) is 9.79. The van der Waals surface area contributed by atoms with Crippen LogP contribution in [-0.2, 0) is 0 Å². The number of pyridine rings is 1. The van der Waals surface area contributed by atoms with Crippen molar-refractivity contribution in [3.8, 4) is 0 Å². The van der Waals surface area contributed by atoms with Crippen LogP contribution in [0.3, 0.4) is 0 Å². The molecule has 0 saturated heterocycles. The highest BCUT2D eigenvalue weighted by Crippen LogP contribution is 2.22. The maximum absolute atomic E-state index is 12.0. The molecular weight excluding hydrogens is 250 g/mol. The van der Waals surface area contributed by atoms with Crippen molar-refractivity contribution in [1.82, 2.24) is 10.3 Å². The minimum Gasteiger partial charge on any atom is -0.381 e. The number of anilines is 1. The quantitative estimate of drug-likeness (QED) is 0.750. The summed E-state index contributed by atoms with van der Waals surface area (Å²) >= 11 is 0. The van der Waals surface area contributed by atoms with E-state index in [-0.39, 0.29) is 5.91 Å². The topological polar surface area (TPSA) is 54.0 Å². The monoisotopic (exact) mass is 275 g/mol. The summed E-state index contributed by atoms with van der Waals surface area (Å²) in [4.78, 5) is 16.2. The van der Waals surface area contributed by atoms with Crippen LogP contribution in [0.15, 0.2) is 18.5 Å². The average molecular weight is 275 g/mol. The van der Waals surface area contributed by atoms with Crippen molar-refractivity contribution < 1.29 is 4.79 Å². The molecule has 1 aliphatic rings. The fourth-order valence-corrected chi connectivity index (χ4v) is 2.63. The predicted octanol–water partition coefficient (Wildman–Crippen LogP) is 3.36. The molecule has 4 nitrogen and oxygen atoms in total. The summed E-state index contributed by atoms with van der Waals surface area (Å²) in [5.74, 6) is -0.0244. The lowest BCUT2D eigenvalue weighted by Crippen LogP contribution is -2.25. The molecule has 1 aliphatic carbocycles. The van der Waals surface area contributed by atoms with Crippen LogP contribution in [0.25, 0.3) is 0 Å². The lowest BCUT2D eigenvalue weighted by molar-refractivity contribution is 0.0952. The third kappa shape index (κ3) is 4.51. The maximum Gasteiger partial charge on any atom is 0.252 e. The van der Waals surface area contributed by atoms with Gasteiger partial charge in [0.25, 0.3) is 5.91 Å². The van der Waals surface area contributed by atoms with Crippen LogP contribution in [0.2, 0.25) is 0 Å². The molecule has 0 aliphatic heterocycles. The summed E-state index contributed by atoms with van der Waals surface area (Å²) in [6.45, 7) is 2.90. The van der Waals surface area contributed by atoms with Crippen LogP contribution in [0.5, 0.6) is 0 Å². The molecule has 20 heavy (non-hydrogen) atoms. The molecule has 1 aromatic rings. The number of nitrogens with one attached hydrogen (secondary N) is 2. The summed E-state index contributed by atoms with van der Waals surface area (Å²) < 4.78 is 0. The van der Waals surface area contributed by atoms with Crippen molar-refractivity contribution in [3.63, 3.8) is 0 Å². The number of hydrogen-bond donors (Lipinski definition) is 2. The first-order valence-electron chi connectivity index (χ1n) is 7.79. The second kappa shape index (κ2) is 7.88. The van der Waals surface area contributed by atoms with E-state index in [1.165, 1.54) is 25.7 Å². The molecule has 4 heteroatoms. The summed E-state index contributed by atoms with van der Waals surface area (Å²) in [6.07, 6.45) is 11.8. The molecule has 0 bridgehead atoms. The van der Waals surface area contributed by atoms with Crippen molar-refractivity contribution in [2.24, 2.45) is 0 Å². The van der Waals surface area contributed by atoms with Gasteiger partial charge >= 0.3 is 0 Å². The molecule has 1 heterocycles. The smallest absolute Gasteiger partial charge is 0.252 e. The number of hydrogen-bond acceptors (Lipinski definition) is 3. The highest BCUT2D eigenvalue weighted by molar-refractivity contribution is 5.94. The Morgan fingerprint density at radius 1 is 1.30 bits per heavy atom. The summed E-state index contributed by atoms with van der Waals surface area (Å²) in [6, 6.07) is 2.44. The Bertz CT molecular complexity index is 427. The van der Waals surface area contributed by atoms with Gasteiger partial charge in [-0.3, -0.25) is 9.78 Å². The number of unbranched alkanes of at least 4 members (excludes halogenated alkanes) is 2. The number of carbonyl (C=O) groups is 1. The van der Waals surface area contributed by atoms with E-state index in [4.69, 9.17) is 0 Å². The minimum absolute atomic E-state index is 0.0244. The first kappa shape index (κ1) is 14.8. The van der Waals surface area contributed by atoms with Crippen LogP contribution >= 0.6 is 0 Å². The zero-order valence-electron chi connectivity index (χ0n) is 12.3. The van der Waals surface area contributed by atoms with E-state index in [9.17, 15) is 4.79 Å². The molecule has 1 fully saturated rings. The summed E-state index contributed by atoms with van der Waals surface area (Å²) in [5, 5.41) is 6.42. The predicted molar refractivity (Wildman–Crippen MR) is 82.0 cm³/mol. The molecule has 0 spiro atoms. The Balaban J connectivity index is 1.86. The number of aromatic nitrogens is 1. The first-order valence-corrected chi connectivity index (χ1v) is 7.79. The van der Waals surface area contributed by atoms with Gasteiger partial charge in [0, 0.05) is 25.0 Å². The molecule has 1 aromatic heterocycles. The van der Waals surface area contributed by atoms with Gasteiger partial charge in [-0.1, -0.05) is 32.6 Å². The molecule has 110 valence electrons. The molecule has 2 N–H and O–H groups in total. The highest BCUT2D eigenvalue weighted by Gasteiger charge is 2.15. The van der Waals surface area contributed by atoms with E-state index in [1.807, 2.05) is 6.07 Å². The van der Waals surface area contributed by atoms with Crippen LogP contribution in [0.4, 0.5) is 5.69 Å². The fraction of sp³-hybridized carbons (Fsp3) is 0.625. The normalized spacial score (nSPS) is 15.2. The van der Waals surface area contributed by atoms with Gasteiger partial charge in [0.05, 0.1) is 11.3 Å². The zero-order valence-corrected chi connectivity index (χ0v) is 12.3. The molecule has 0 unspecified atom stereocenters. The van der Waals surface area contributed by atoms with Crippen LogP contribution in [0, 0.1) is 0 Å². The van der Waals surface area contributed by atoms with E-state index in [1.54, 1.807) is 12.4 Å². The highest BCUT2D eigenvalue weighted by atomic mass is 16.1. The number of nitrogens with zero attached hydrogens (tertiary/aromatic N) is 1. The van der Waals surface area contributed by atoms with Crippen molar-refractivity contribution in [3.05, 3.63) is 24.0 Å². The standard InChI is InChI=1S/C16H25N3O/c1-2-3-6-9-18-16(20)13-10-15(12-17-11-13)19-14-7-4-5-8-14/h10-12,14,19H,2-9H2,1H3,(H,18,20). The van der Waals surface area contributed by atoms with E-state index < -0.39 is 0 Å². The van der Waals surface area contributed by atoms with Crippen LogP contribution in [-0.4, -0.2) is 23.5 Å². The van der Waals surface area contributed by atoms with Gasteiger partial charge in [0.2, 0.25) is 0 Å².